The van der Waals surface area contributed by atoms with E-state index in [0.29, 0.717) is 13.0 Å². The Balaban J connectivity index is 2.36. The number of carbonyl (C=O) groups is 2. The van der Waals surface area contributed by atoms with Crippen molar-refractivity contribution in [2.75, 3.05) is 25.0 Å². The number of hydrogen-bond acceptors (Lipinski definition) is 3. The number of benzene rings is 1. The predicted octanol–water partition coefficient (Wildman–Crippen LogP) is 0.811. The SMILES string of the molecule is CNCC(=O)N1CCC(C(=O)O)c2ccccc21. The van der Waals surface area contributed by atoms with Gasteiger partial charge in [0.1, 0.15) is 0 Å². The molecule has 1 aromatic rings. The second-order valence-corrected chi connectivity index (χ2v) is 4.31. The van der Waals surface area contributed by atoms with Crippen molar-refractivity contribution < 1.29 is 14.7 Å². The molecule has 1 heterocycles. The molecule has 1 aliphatic rings. The molecule has 2 rings (SSSR count). The molecule has 0 fully saturated rings. The third-order valence-corrected chi connectivity index (χ3v) is 3.17. The van der Waals surface area contributed by atoms with Gasteiger partial charge in [-0.3, -0.25) is 9.59 Å². The number of amides is 1. The molecular weight excluding hydrogens is 232 g/mol. The van der Waals surface area contributed by atoms with Crippen LogP contribution in [0.3, 0.4) is 0 Å². The van der Waals surface area contributed by atoms with Gasteiger partial charge in [0.05, 0.1) is 12.5 Å². The highest BCUT2D eigenvalue weighted by atomic mass is 16.4. The molecule has 2 N–H and O–H groups in total. The molecule has 1 amide bonds. The molecule has 0 radical (unpaired) electrons. The van der Waals surface area contributed by atoms with E-state index in [1.807, 2.05) is 6.07 Å². The number of nitrogens with zero attached hydrogens (tertiary/aromatic N) is 1. The summed E-state index contributed by atoms with van der Waals surface area (Å²) in [5, 5.41) is 12.0. The summed E-state index contributed by atoms with van der Waals surface area (Å²) in [4.78, 5) is 24.8. The van der Waals surface area contributed by atoms with Crippen LogP contribution < -0.4 is 10.2 Å². The number of carboxylic acid groups (broad SMARTS) is 1. The average molecular weight is 248 g/mol. The van der Waals surface area contributed by atoms with Gasteiger partial charge < -0.3 is 15.3 Å². The first-order valence-electron chi connectivity index (χ1n) is 5.92. The predicted molar refractivity (Wildman–Crippen MR) is 67.7 cm³/mol. The van der Waals surface area contributed by atoms with Crippen molar-refractivity contribution in [3.05, 3.63) is 29.8 Å². The number of anilines is 1. The lowest BCUT2D eigenvalue weighted by atomic mass is 9.90. The van der Waals surface area contributed by atoms with Crippen LogP contribution in [0.2, 0.25) is 0 Å². The Morgan fingerprint density at radius 3 is 2.83 bits per heavy atom. The smallest absolute Gasteiger partial charge is 0.311 e. The lowest BCUT2D eigenvalue weighted by Crippen LogP contribution is -2.42. The molecular formula is C13H16N2O3. The minimum atomic E-state index is -0.830. The Kier molecular flexibility index (Phi) is 3.62. The molecule has 1 atom stereocenters. The zero-order valence-electron chi connectivity index (χ0n) is 10.2. The number of hydrogen-bond donors (Lipinski definition) is 2. The summed E-state index contributed by atoms with van der Waals surface area (Å²) >= 11 is 0. The van der Waals surface area contributed by atoms with E-state index in [2.05, 4.69) is 5.32 Å². The maximum Gasteiger partial charge on any atom is 0.311 e. The van der Waals surface area contributed by atoms with Gasteiger partial charge in [0, 0.05) is 12.2 Å². The lowest BCUT2D eigenvalue weighted by molar-refractivity contribution is -0.139. The van der Waals surface area contributed by atoms with Crippen molar-refractivity contribution in [1.29, 1.82) is 0 Å². The van der Waals surface area contributed by atoms with Gasteiger partial charge in [-0.1, -0.05) is 18.2 Å². The van der Waals surface area contributed by atoms with E-state index < -0.39 is 11.9 Å². The number of likely N-dealkylation sites (N-methyl/N-ethyl adjacent to an activating group) is 1. The van der Waals surface area contributed by atoms with Crippen LogP contribution in [0.25, 0.3) is 0 Å². The minimum Gasteiger partial charge on any atom is -0.481 e. The monoisotopic (exact) mass is 248 g/mol. The quantitative estimate of drug-likeness (QED) is 0.830. The Morgan fingerprint density at radius 1 is 1.44 bits per heavy atom. The molecule has 5 nitrogen and oxygen atoms in total. The van der Waals surface area contributed by atoms with Gasteiger partial charge in [0.25, 0.3) is 0 Å². The largest absolute Gasteiger partial charge is 0.481 e. The third-order valence-electron chi connectivity index (χ3n) is 3.17. The van der Waals surface area contributed by atoms with Crippen molar-refractivity contribution in [1.82, 2.24) is 5.32 Å². The Bertz CT molecular complexity index is 473. The number of nitrogens with one attached hydrogen (secondary N) is 1. The van der Waals surface area contributed by atoms with Crippen molar-refractivity contribution >= 4 is 17.6 Å². The van der Waals surface area contributed by atoms with E-state index >= 15 is 0 Å². The van der Waals surface area contributed by atoms with Crippen LogP contribution in [-0.2, 0) is 9.59 Å². The highest BCUT2D eigenvalue weighted by Crippen LogP contribution is 2.35. The first-order chi connectivity index (χ1) is 8.65. The van der Waals surface area contributed by atoms with Crippen molar-refractivity contribution in [3.8, 4) is 0 Å². The fourth-order valence-corrected chi connectivity index (χ4v) is 2.32. The molecule has 0 saturated heterocycles. The summed E-state index contributed by atoms with van der Waals surface area (Å²) in [6, 6.07) is 7.22. The van der Waals surface area contributed by atoms with Crippen molar-refractivity contribution in [2.24, 2.45) is 0 Å². The van der Waals surface area contributed by atoms with E-state index in [-0.39, 0.29) is 12.5 Å². The highest BCUT2D eigenvalue weighted by molar-refractivity contribution is 5.97. The standard InChI is InChI=1S/C13H16N2O3/c1-14-8-12(16)15-7-6-10(13(17)18)9-4-2-3-5-11(9)15/h2-5,10,14H,6-8H2,1H3,(H,17,18). The molecule has 1 unspecified atom stereocenters. The second-order valence-electron chi connectivity index (χ2n) is 4.31. The molecule has 0 saturated carbocycles. The normalized spacial score (nSPS) is 18.3. The molecule has 0 bridgehead atoms. The van der Waals surface area contributed by atoms with Gasteiger partial charge in [-0.2, -0.15) is 0 Å². The Labute approximate surface area is 105 Å². The first kappa shape index (κ1) is 12.6. The molecule has 0 spiro atoms. The number of para-hydroxylation sites is 1. The van der Waals surface area contributed by atoms with Crippen LogP contribution >= 0.6 is 0 Å². The maximum absolute atomic E-state index is 12.0. The Morgan fingerprint density at radius 2 is 2.17 bits per heavy atom. The van der Waals surface area contributed by atoms with E-state index in [9.17, 15) is 14.7 Å². The van der Waals surface area contributed by atoms with Gasteiger partial charge in [-0.25, -0.2) is 0 Å². The third kappa shape index (κ3) is 2.22. The maximum atomic E-state index is 12.0. The summed E-state index contributed by atoms with van der Waals surface area (Å²) in [7, 11) is 1.72. The van der Waals surface area contributed by atoms with E-state index in [0.717, 1.165) is 11.3 Å². The van der Waals surface area contributed by atoms with Crippen molar-refractivity contribution in [2.45, 2.75) is 12.3 Å². The van der Waals surface area contributed by atoms with Crippen LogP contribution in [0.4, 0.5) is 5.69 Å². The van der Waals surface area contributed by atoms with Crippen LogP contribution in [0.15, 0.2) is 24.3 Å². The van der Waals surface area contributed by atoms with Crippen LogP contribution in [0, 0.1) is 0 Å². The van der Waals surface area contributed by atoms with Crippen molar-refractivity contribution in [3.63, 3.8) is 0 Å². The van der Waals surface area contributed by atoms with E-state index in [4.69, 9.17) is 0 Å². The number of carboxylic acids is 1. The summed E-state index contributed by atoms with van der Waals surface area (Å²) < 4.78 is 0. The first-order valence-corrected chi connectivity index (χ1v) is 5.92. The van der Waals surface area contributed by atoms with Gasteiger partial charge in [0.2, 0.25) is 5.91 Å². The Hall–Kier alpha value is -1.88. The molecule has 0 aromatic heterocycles. The van der Waals surface area contributed by atoms with E-state index in [1.165, 1.54) is 0 Å². The average Bonchev–Trinajstić information content (AvgIpc) is 2.37. The minimum absolute atomic E-state index is 0.0335. The van der Waals surface area contributed by atoms with Gasteiger partial charge in [-0.05, 0) is 25.1 Å². The molecule has 1 aliphatic heterocycles. The zero-order chi connectivity index (χ0) is 13.1. The molecule has 96 valence electrons. The summed E-state index contributed by atoms with van der Waals surface area (Å²) in [5.41, 5.74) is 1.44. The lowest BCUT2D eigenvalue weighted by Gasteiger charge is -2.32. The molecule has 0 aliphatic carbocycles. The zero-order valence-corrected chi connectivity index (χ0v) is 10.2. The molecule has 5 heteroatoms. The second kappa shape index (κ2) is 5.18. The summed E-state index contributed by atoms with van der Waals surface area (Å²) in [5.74, 6) is -1.38. The van der Waals surface area contributed by atoms with Gasteiger partial charge in [0.15, 0.2) is 0 Å². The highest BCUT2D eigenvalue weighted by Gasteiger charge is 2.31. The molecule has 1 aromatic carbocycles. The number of rotatable bonds is 3. The van der Waals surface area contributed by atoms with Crippen LogP contribution in [-0.4, -0.2) is 37.1 Å². The summed E-state index contributed by atoms with van der Waals surface area (Å²) in [6.07, 6.45) is 0.460. The summed E-state index contributed by atoms with van der Waals surface area (Å²) in [6.45, 7) is 0.709. The number of aliphatic carboxylic acids is 1. The number of fused-ring (bicyclic) bond motifs is 1. The topological polar surface area (TPSA) is 69.6 Å². The number of carbonyl (C=O) groups excluding carboxylic acids is 1. The van der Waals surface area contributed by atoms with Crippen LogP contribution in [0.5, 0.6) is 0 Å². The molecule has 18 heavy (non-hydrogen) atoms. The van der Waals surface area contributed by atoms with Gasteiger partial charge in [-0.15, -0.1) is 0 Å². The fourth-order valence-electron chi connectivity index (χ4n) is 2.32. The van der Waals surface area contributed by atoms with Crippen LogP contribution in [0.1, 0.15) is 17.9 Å². The van der Waals surface area contributed by atoms with E-state index in [1.54, 1.807) is 30.1 Å². The fraction of sp³-hybridized carbons (Fsp3) is 0.385. The van der Waals surface area contributed by atoms with Gasteiger partial charge >= 0.3 is 5.97 Å².